The van der Waals surface area contributed by atoms with Gasteiger partial charge >= 0.3 is 0 Å². The minimum atomic E-state index is 0.144. The predicted molar refractivity (Wildman–Crippen MR) is 77.2 cm³/mol. The molecule has 0 saturated carbocycles. The number of halogens is 1. The van der Waals surface area contributed by atoms with Gasteiger partial charge < -0.3 is 14.6 Å². The second-order valence-corrected chi connectivity index (χ2v) is 4.65. The third kappa shape index (κ3) is 4.27. The van der Waals surface area contributed by atoms with E-state index in [0.717, 1.165) is 18.5 Å². The maximum atomic E-state index is 9.07. The van der Waals surface area contributed by atoms with Gasteiger partial charge in [-0.3, -0.25) is 4.90 Å². The van der Waals surface area contributed by atoms with E-state index >= 15 is 0 Å². The fourth-order valence-corrected chi connectivity index (χ4v) is 2.31. The van der Waals surface area contributed by atoms with Crippen LogP contribution < -0.4 is 9.47 Å². The second-order valence-electron chi connectivity index (χ2n) is 4.27. The molecule has 0 unspecified atom stereocenters. The Labute approximate surface area is 119 Å². The van der Waals surface area contributed by atoms with Gasteiger partial charge in [0.25, 0.3) is 0 Å². The molecule has 0 aliphatic heterocycles. The van der Waals surface area contributed by atoms with Crippen LogP contribution >= 0.6 is 11.6 Å². The van der Waals surface area contributed by atoms with Crippen molar-refractivity contribution in [2.24, 2.45) is 0 Å². The van der Waals surface area contributed by atoms with Gasteiger partial charge in [-0.15, -0.1) is 0 Å². The molecule has 0 atom stereocenters. The van der Waals surface area contributed by atoms with E-state index in [0.29, 0.717) is 29.6 Å². The van der Waals surface area contributed by atoms with Crippen molar-refractivity contribution < 1.29 is 14.6 Å². The van der Waals surface area contributed by atoms with Crippen LogP contribution in [0.1, 0.15) is 18.9 Å². The van der Waals surface area contributed by atoms with Gasteiger partial charge in [-0.2, -0.15) is 0 Å². The molecule has 5 heteroatoms. The summed E-state index contributed by atoms with van der Waals surface area (Å²) >= 11 is 6.34. The van der Waals surface area contributed by atoms with Gasteiger partial charge in [0, 0.05) is 13.1 Å². The summed E-state index contributed by atoms with van der Waals surface area (Å²) in [5.74, 6) is 1.18. The maximum absolute atomic E-state index is 9.07. The highest BCUT2D eigenvalue weighted by molar-refractivity contribution is 6.33. The predicted octanol–water partition coefficient (Wildman–Crippen LogP) is 2.56. The summed E-state index contributed by atoms with van der Waals surface area (Å²) in [5, 5.41) is 9.64. The standard InChI is InChI=1S/C14H22ClNO3/c1-4-7-16(8-9-17)10-11-5-6-12(18-2)14(19-3)13(11)15/h5-6,17H,4,7-10H2,1-3H3. The number of hydrogen-bond acceptors (Lipinski definition) is 4. The van der Waals surface area contributed by atoms with Crippen molar-refractivity contribution in [2.75, 3.05) is 33.9 Å². The summed E-state index contributed by atoms with van der Waals surface area (Å²) in [7, 11) is 3.16. The highest BCUT2D eigenvalue weighted by atomic mass is 35.5. The minimum Gasteiger partial charge on any atom is -0.493 e. The maximum Gasteiger partial charge on any atom is 0.179 e. The smallest absolute Gasteiger partial charge is 0.179 e. The number of hydrogen-bond donors (Lipinski definition) is 1. The molecule has 0 aliphatic carbocycles. The number of aliphatic hydroxyl groups is 1. The van der Waals surface area contributed by atoms with E-state index in [9.17, 15) is 0 Å². The molecule has 0 bridgehead atoms. The molecule has 1 N–H and O–H groups in total. The molecule has 0 aromatic heterocycles. The van der Waals surface area contributed by atoms with Crippen LogP contribution in [0, 0.1) is 0 Å². The Balaban J connectivity index is 2.94. The molecule has 19 heavy (non-hydrogen) atoms. The number of aliphatic hydroxyl groups excluding tert-OH is 1. The lowest BCUT2D eigenvalue weighted by atomic mass is 10.1. The van der Waals surface area contributed by atoms with E-state index in [1.807, 2.05) is 12.1 Å². The highest BCUT2D eigenvalue weighted by Crippen LogP contribution is 2.37. The SMILES string of the molecule is CCCN(CCO)Cc1ccc(OC)c(OC)c1Cl. The van der Waals surface area contributed by atoms with E-state index in [-0.39, 0.29) is 6.61 Å². The van der Waals surface area contributed by atoms with Crippen LogP contribution in [-0.4, -0.2) is 43.9 Å². The van der Waals surface area contributed by atoms with Crippen molar-refractivity contribution in [3.8, 4) is 11.5 Å². The Morgan fingerprint density at radius 2 is 1.95 bits per heavy atom. The first-order chi connectivity index (χ1) is 9.17. The number of ether oxygens (including phenoxy) is 2. The molecular weight excluding hydrogens is 266 g/mol. The third-order valence-corrected chi connectivity index (χ3v) is 3.33. The number of methoxy groups -OCH3 is 2. The topological polar surface area (TPSA) is 41.9 Å². The quantitative estimate of drug-likeness (QED) is 0.798. The molecule has 1 aromatic carbocycles. The summed E-state index contributed by atoms with van der Waals surface area (Å²) in [5.41, 5.74) is 0.973. The third-order valence-electron chi connectivity index (χ3n) is 2.92. The van der Waals surface area contributed by atoms with E-state index in [2.05, 4.69) is 11.8 Å². The van der Waals surface area contributed by atoms with Crippen LogP contribution in [0.2, 0.25) is 5.02 Å². The van der Waals surface area contributed by atoms with E-state index < -0.39 is 0 Å². The van der Waals surface area contributed by atoms with Gasteiger partial charge in [0.1, 0.15) is 0 Å². The molecule has 0 radical (unpaired) electrons. The minimum absolute atomic E-state index is 0.144. The van der Waals surface area contributed by atoms with Gasteiger partial charge in [0.05, 0.1) is 25.8 Å². The lowest BCUT2D eigenvalue weighted by molar-refractivity contribution is 0.190. The zero-order chi connectivity index (χ0) is 14.3. The van der Waals surface area contributed by atoms with Crippen LogP contribution in [0.5, 0.6) is 11.5 Å². The molecule has 108 valence electrons. The molecule has 4 nitrogen and oxygen atoms in total. The van der Waals surface area contributed by atoms with Crippen molar-refractivity contribution in [1.82, 2.24) is 4.90 Å². The van der Waals surface area contributed by atoms with Gasteiger partial charge in [0.2, 0.25) is 0 Å². The molecular formula is C14H22ClNO3. The summed E-state index contributed by atoms with van der Waals surface area (Å²) in [4.78, 5) is 2.16. The van der Waals surface area contributed by atoms with Gasteiger partial charge in [-0.1, -0.05) is 24.6 Å². The van der Waals surface area contributed by atoms with Crippen molar-refractivity contribution in [3.63, 3.8) is 0 Å². The van der Waals surface area contributed by atoms with E-state index in [4.69, 9.17) is 26.2 Å². The zero-order valence-electron chi connectivity index (χ0n) is 11.8. The monoisotopic (exact) mass is 287 g/mol. The average molecular weight is 288 g/mol. The molecule has 0 spiro atoms. The van der Waals surface area contributed by atoms with Gasteiger partial charge in [-0.05, 0) is 24.6 Å². The fourth-order valence-electron chi connectivity index (χ4n) is 2.02. The summed E-state index contributed by atoms with van der Waals surface area (Å²) in [6.07, 6.45) is 1.03. The van der Waals surface area contributed by atoms with E-state index in [1.54, 1.807) is 14.2 Å². The molecule has 0 amide bonds. The second kappa shape index (κ2) is 8.25. The summed E-state index contributed by atoms with van der Waals surface area (Å²) in [6.45, 7) is 4.50. The largest absolute Gasteiger partial charge is 0.493 e. The normalized spacial score (nSPS) is 10.8. The fraction of sp³-hybridized carbons (Fsp3) is 0.571. The van der Waals surface area contributed by atoms with Crippen LogP contribution in [0.4, 0.5) is 0 Å². The Morgan fingerprint density at radius 1 is 1.21 bits per heavy atom. The van der Waals surface area contributed by atoms with Gasteiger partial charge in [0.15, 0.2) is 11.5 Å². The molecule has 0 heterocycles. The number of rotatable bonds is 8. The molecule has 1 rings (SSSR count). The summed E-state index contributed by atoms with van der Waals surface area (Å²) < 4.78 is 10.5. The van der Waals surface area contributed by atoms with Crippen molar-refractivity contribution >= 4 is 11.6 Å². The highest BCUT2D eigenvalue weighted by Gasteiger charge is 2.15. The lowest BCUT2D eigenvalue weighted by Crippen LogP contribution is -2.27. The van der Waals surface area contributed by atoms with Gasteiger partial charge in [-0.25, -0.2) is 0 Å². The molecule has 0 fully saturated rings. The Hall–Kier alpha value is -0.970. The van der Waals surface area contributed by atoms with Crippen LogP contribution in [0.25, 0.3) is 0 Å². The molecule has 1 aromatic rings. The van der Waals surface area contributed by atoms with Crippen molar-refractivity contribution in [2.45, 2.75) is 19.9 Å². The first kappa shape index (κ1) is 16.1. The summed E-state index contributed by atoms with van der Waals surface area (Å²) in [6, 6.07) is 3.78. The van der Waals surface area contributed by atoms with Crippen LogP contribution in [0.3, 0.4) is 0 Å². The van der Waals surface area contributed by atoms with Crippen LogP contribution in [-0.2, 0) is 6.54 Å². The van der Waals surface area contributed by atoms with Crippen molar-refractivity contribution in [3.05, 3.63) is 22.7 Å². The van der Waals surface area contributed by atoms with Crippen LogP contribution in [0.15, 0.2) is 12.1 Å². The number of benzene rings is 1. The Bertz CT molecular complexity index is 393. The zero-order valence-corrected chi connectivity index (χ0v) is 12.5. The first-order valence-corrected chi connectivity index (χ1v) is 6.78. The molecule has 0 saturated heterocycles. The Kier molecular flexibility index (Phi) is 6.99. The molecule has 0 aliphatic rings. The first-order valence-electron chi connectivity index (χ1n) is 6.40. The lowest BCUT2D eigenvalue weighted by Gasteiger charge is -2.22. The average Bonchev–Trinajstić information content (AvgIpc) is 2.41. The van der Waals surface area contributed by atoms with E-state index in [1.165, 1.54) is 0 Å². The Morgan fingerprint density at radius 3 is 2.47 bits per heavy atom. The van der Waals surface area contributed by atoms with Crippen molar-refractivity contribution in [1.29, 1.82) is 0 Å². The number of nitrogens with zero attached hydrogens (tertiary/aromatic N) is 1.